The van der Waals surface area contributed by atoms with Crippen LogP contribution in [0, 0.1) is 5.92 Å². The maximum Gasteiger partial charge on any atom is 0.163 e. The largest absolute Gasteiger partial charge is 0.396 e. The van der Waals surface area contributed by atoms with Crippen molar-refractivity contribution in [2.75, 3.05) is 19.7 Å². The zero-order valence-electron chi connectivity index (χ0n) is 12.2. The maximum absolute atomic E-state index is 9.63. The molecule has 1 aromatic carbocycles. The van der Waals surface area contributed by atoms with Crippen molar-refractivity contribution in [1.82, 2.24) is 4.90 Å². The molecule has 4 heteroatoms. The van der Waals surface area contributed by atoms with Gasteiger partial charge in [0.2, 0.25) is 0 Å². The first-order valence-corrected chi connectivity index (χ1v) is 7.30. The summed E-state index contributed by atoms with van der Waals surface area (Å²) in [5, 5.41) is 9.63. The van der Waals surface area contributed by atoms with Crippen molar-refractivity contribution in [3.8, 4) is 0 Å². The van der Waals surface area contributed by atoms with Crippen LogP contribution >= 0.6 is 0 Å². The summed E-state index contributed by atoms with van der Waals surface area (Å²) in [6, 6.07) is 10.4. The van der Waals surface area contributed by atoms with Gasteiger partial charge < -0.3 is 14.6 Å². The number of hydrogen-bond acceptors (Lipinski definition) is 4. The Bertz CT molecular complexity index is 448. The van der Waals surface area contributed by atoms with Gasteiger partial charge >= 0.3 is 0 Å². The summed E-state index contributed by atoms with van der Waals surface area (Å²) in [6.07, 6.45) is 0.0710. The summed E-state index contributed by atoms with van der Waals surface area (Å²) in [5.41, 5.74) is 1.29. The molecule has 2 heterocycles. The van der Waals surface area contributed by atoms with E-state index < -0.39 is 5.79 Å². The van der Waals surface area contributed by atoms with Crippen LogP contribution in [0.4, 0.5) is 0 Å². The predicted octanol–water partition coefficient (Wildman–Crippen LogP) is 1.63. The topological polar surface area (TPSA) is 41.9 Å². The summed E-state index contributed by atoms with van der Waals surface area (Å²) >= 11 is 0. The molecule has 0 aromatic heterocycles. The van der Waals surface area contributed by atoms with Crippen molar-refractivity contribution in [3.63, 3.8) is 0 Å². The second-order valence-electron chi connectivity index (χ2n) is 6.26. The average molecular weight is 277 g/mol. The van der Waals surface area contributed by atoms with E-state index in [1.54, 1.807) is 0 Å². The number of aliphatic hydroxyl groups is 1. The Morgan fingerprint density at radius 2 is 1.95 bits per heavy atom. The lowest BCUT2D eigenvalue weighted by atomic mass is 9.93. The van der Waals surface area contributed by atoms with Gasteiger partial charge in [-0.2, -0.15) is 0 Å². The fraction of sp³-hybridized carbons (Fsp3) is 0.625. The highest BCUT2D eigenvalue weighted by Gasteiger charge is 2.48. The molecular weight excluding hydrogens is 254 g/mol. The molecular formula is C16H23NO3. The van der Waals surface area contributed by atoms with Gasteiger partial charge in [-0.05, 0) is 19.4 Å². The number of likely N-dealkylation sites (tertiary alicyclic amines) is 1. The first-order valence-electron chi connectivity index (χ1n) is 7.30. The molecule has 2 saturated heterocycles. The molecule has 2 fully saturated rings. The molecule has 3 atom stereocenters. The molecule has 0 aliphatic carbocycles. The number of hydrogen-bond donors (Lipinski definition) is 1. The van der Waals surface area contributed by atoms with Crippen LogP contribution in [0.2, 0.25) is 0 Å². The summed E-state index contributed by atoms with van der Waals surface area (Å²) < 4.78 is 11.9. The van der Waals surface area contributed by atoms with E-state index in [0.717, 1.165) is 19.6 Å². The summed E-state index contributed by atoms with van der Waals surface area (Å²) in [7, 11) is 0. The number of fused-ring (bicyclic) bond motifs is 1. The second-order valence-corrected chi connectivity index (χ2v) is 6.26. The first-order chi connectivity index (χ1) is 9.57. The quantitative estimate of drug-likeness (QED) is 0.912. The molecule has 0 bridgehead atoms. The molecule has 0 amide bonds. The molecule has 4 nitrogen and oxygen atoms in total. The standard InChI is InChI=1S/C16H23NO3/c1-16(2)19-14-10-17(8-12-6-4-3-5-7-12)9-13(11-18)15(14)20-16/h3-7,13-15,18H,8-11H2,1-2H3/t13-,14-,15-/m1/s1. The Labute approximate surface area is 120 Å². The van der Waals surface area contributed by atoms with Gasteiger partial charge in [0.1, 0.15) is 6.10 Å². The SMILES string of the molecule is CC1(C)O[C@@H]2[C@@H](CO)CN(Cc3ccccc3)C[C@H]2O1. The molecule has 20 heavy (non-hydrogen) atoms. The van der Waals surface area contributed by atoms with Gasteiger partial charge in [0.05, 0.1) is 6.10 Å². The van der Waals surface area contributed by atoms with Crippen molar-refractivity contribution in [2.45, 2.75) is 38.4 Å². The van der Waals surface area contributed by atoms with Gasteiger partial charge in [0.25, 0.3) is 0 Å². The Morgan fingerprint density at radius 3 is 2.65 bits per heavy atom. The average Bonchev–Trinajstić information content (AvgIpc) is 2.73. The second kappa shape index (κ2) is 5.45. The molecule has 0 radical (unpaired) electrons. The van der Waals surface area contributed by atoms with Gasteiger partial charge in [-0.3, -0.25) is 4.90 Å². The minimum Gasteiger partial charge on any atom is -0.396 e. The number of aliphatic hydroxyl groups excluding tert-OH is 1. The van der Waals surface area contributed by atoms with Crippen molar-refractivity contribution < 1.29 is 14.6 Å². The minimum absolute atomic E-state index is 0.0158. The highest BCUT2D eigenvalue weighted by molar-refractivity contribution is 5.14. The molecule has 110 valence electrons. The molecule has 2 aliphatic heterocycles. The number of rotatable bonds is 3. The summed E-state index contributed by atoms with van der Waals surface area (Å²) in [6.45, 7) is 6.64. The third kappa shape index (κ3) is 2.88. The van der Waals surface area contributed by atoms with Crippen LogP contribution in [-0.4, -0.2) is 47.7 Å². The molecule has 2 aliphatic rings. The summed E-state index contributed by atoms with van der Waals surface area (Å²) in [4.78, 5) is 2.35. The van der Waals surface area contributed by atoms with Gasteiger partial charge in [-0.15, -0.1) is 0 Å². The van der Waals surface area contributed by atoms with Crippen molar-refractivity contribution >= 4 is 0 Å². The molecule has 1 N–H and O–H groups in total. The molecule has 1 aromatic rings. The number of ether oxygens (including phenoxy) is 2. The molecule has 3 rings (SSSR count). The maximum atomic E-state index is 9.63. The highest BCUT2D eigenvalue weighted by Crippen LogP contribution is 2.36. The van der Waals surface area contributed by atoms with E-state index in [0.29, 0.717) is 0 Å². The van der Waals surface area contributed by atoms with Crippen LogP contribution in [0.5, 0.6) is 0 Å². The monoisotopic (exact) mass is 277 g/mol. The Balaban J connectivity index is 1.70. The molecule has 0 unspecified atom stereocenters. The van der Waals surface area contributed by atoms with Gasteiger partial charge in [-0.1, -0.05) is 30.3 Å². The zero-order chi connectivity index (χ0) is 14.2. The third-order valence-electron chi connectivity index (χ3n) is 4.10. The Kier molecular flexibility index (Phi) is 3.82. The van der Waals surface area contributed by atoms with Crippen LogP contribution in [0.3, 0.4) is 0 Å². The van der Waals surface area contributed by atoms with Gasteiger partial charge in [-0.25, -0.2) is 0 Å². The summed E-state index contributed by atoms with van der Waals surface area (Å²) in [5.74, 6) is -0.412. The fourth-order valence-electron chi connectivity index (χ4n) is 3.30. The highest BCUT2D eigenvalue weighted by atomic mass is 16.8. The van der Waals surface area contributed by atoms with E-state index in [1.807, 2.05) is 19.9 Å². The zero-order valence-corrected chi connectivity index (χ0v) is 12.2. The van der Waals surface area contributed by atoms with Crippen molar-refractivity contribution in [2.24, 2.45) is 5.92 Å². The lowest BCUT2D eigenvalue weighted by Gasteiger charge is -2.38. The smallest absolute Gasteiger partial charge is 0.163 e. The van der Waals surface area contributed by atoms with E-state index in [-0.39, 0.29) is 24.7 Å². The lowest BCUT2D eigenvalue weighted by Crippen LogP contribution is -2.51. The van der Waals surface area contributed by atoms with E-state index >= 15 is 0 Å². The Hall–Kier alpha value is -0.940. The Morgan fingerprint density at radius 1 is 1.20 bits per heavy atom. The van der Waals surface area contributed by atoms with Crippen LogP contribution in [0.25, 0.3) is 0 Å². The third-order valence-corrected chi connectivity index (χ3v) is 4.10. The van der Waals surface area contributed by atoms with Crippen LogP contribution < -0.4 is 0 Å². The number of piperidine rings is 1. The number of nitrogens with zero attached hydrogens (tertiary/aromatic N) is 1. The van der Waals surface area contributed by atoms with Crippen molar-refractivity contribution in [1.29, 1.82) is 0 Å². The van der Waals surface area contributed by atoms with Crippen LogP contribution in [0.1, 0.15) is 19.4 Å². The normalized spacial score (nSPS) is 33.0. The minimum atomic E-state index is -0.536. The lowest BCUT2D eigenvalue weighted by molar-refractivity contribution is -0.149. The molecule has 0 spiro atoms. The molecule has 0 saturated carbocycles. The van der Waals surface area contributed by atoms with Gasteiger partial charge in [0, 0.05) is 32.2 Å². The predicted molar refractivity (Wildman–Crippen MR) is 76.1 cm³/mol. The van der Waals surface area contributed by atoms with E-state index in [1.165, 1.54) is 5.56 Å². The number of benzene rings is 1. The van der Waals surface area contributed by atoms with E-state index in [9.17, 15) is 5.11 Å². The van der Waals surface area contributed by atoms with Crippen molar-refractivity contribution in [3.05, 3.63) is 35.9 Å². The van der Waals surface area contributed by atoms with Crippen LogP contribution in [-0.2, 0) is 16.0 Å². The fourth-order valence-corrected chi connectivity index (χ4v) is 3.30. The first kappa shape index (κ1) is 14.0. The van der Waals surface area contributed by atoms with E-state index in [2.05, 4.69) is 29.2 Å². The van der Waals surface area contributed by atoms with Crippen LogP contribution in [0.15, 0.2) is 30.3 Å². The van der Waals surface area contributed by atoms with E-state index in [4.69, 9.17) is 9.47 Å². The van der Waals surface area contributed by atoms with Gasteiger partial charge in [0.15, 0.2) is 5.79 Å².